The second-order valence-corrected chi connectivity index (χ2v) is 4.85. The van der Waals surface area contributed by atoms with Crippen LogP contribution in [0.2, 0.25) is 0 Å². The molecule has 4 nitrogen and oxygen atoms in total. The number of hydrogen-bond acceptors (Lipinski definition) is 4. The van der Waals surface area contributed by atoms with Crippen molar-refractivity contribution in [2.45, 2.75) is 12.5 Å². The summed E-state index contributed by atoms with van der Waals surface area (Å²) in [6.07, 6.45) is 2.45. The van der Waals surface area contributed by atoms with Gasteiger partial charge < -0.3 is 5.73 Å². The molecule has 0 spiro atoms. The van der Waals surface area contributed by atoms with Gasteiger partial charge in [0.1, 0.15) is 0 Å². The summed E-state index contributed by atoms with van der Waals surface area (Å²) < 4.78 is 1.10. The number of thiophene rings is 1. The van der Waals surface area contributed by atoms with Crippen molar-refractivity contribution in [1.82, 2.24) is 15.4 Å². The Hall–Kier alpha value is -0.720. The van der Waals surface area contributed by atoms with Gasteiger partial charge in [-0.15, -0.1) is 11.3 Å². The van der Waals surface area contributed by atoms with Crippen molar-refractivity contribution in [3.8, 4) is 0 Å². The largest absolute Gasteiger partial charge is 0.322 e. The van der Waals surface area contributed by atoms with Gasteiger partial charge in [0.15, 0.2) is 0 Å². The summed E-state index contributed by atoms with van der Waals surface area (Å²) in [7, 11) is 0. The van der Waals surface area contributed by atoms with E-state index in [0.29, 0.717) is 0 Å². The number of rotatable bonds is 3. The van der Waals surface area contributed by atoms with Gasteiger partial charge in [-0.3, -0.25) is 0 Å². The third-order valence-electron chi connectivity index (χ3n) is 1.86. The number of aromatic amines is 1. The first kappa shape index (κ1) is 9.82. The van der Waals surface area contributed by atoms with Crippen molar-refractivity contribution < 1.29 is 0 Å². The molecule has 2 aromatic rings. The first-order valence-electron chi connectivity index (χ1n) is 4.10. The Bertz CT molecular complexity index is 397. The molecule has 6 heteroatoms. The highest BCUT2D eigenvalue weighted by atomic mass is 79.9. The molecule has 1 unspecified atom stereocenters. The molecular weight excluding hydrogens is 264 g/mol. The minimum Gasteiger partial charge on any atom is -0.322 e. The molecule has 0 amide bonds. The maximum Gasteiger partial charge on any atom is 0.0995 e. The highest BCUT2D eigenvalue weighted by Crippen LogP contribution is 2.23. The molecule has 0 fully saturated rings. The molecule has 0 bridgehead atoms. The van der Waals surface area contributed by atoms with Crippen LogP contribution in [0.5, 0.6) is 0 Å². The second kappa shape index (κ2) is 4.20. The summed E-state index contributed by atoms with van der Waals surface area (Å²) in [6.45, 7) is 0. The number of nitrogens with one attached hydrogen (secondary N) is 1. The van der Waals surface area contributed by atoms with Gasteiger partial charge in [0.2, 0.25) is 0 Å². The fourth-order valence-electron chi connectivity index (χ4n) is 1.17. The zero-order valence-corrected chi connectivity index (χ0v) is 9.68. The summed E-state index contributed by atoms with van der Waals surface area (Å²) in [5.74, 6) is 0. The predicted octanol–water partition coefficient (Wildman–Crippen LogP) is 1.87. The summed E-state index contributed by atoms with van der Waals surface area (Å²) in [6, 6.07) is 1.99. The van der Waals surface area contributed by atoms with Crippen molar-refractivity contribution >= 4 is 27.3 Å². The molecule has 2 rings (SSSR count). The Kier molecular flexibility index (Phi) is 2.95. The molecule has 14 heavy (non-hydrogen) atoms. The van der Waals surface area contributed by atoms with E-state index in [0.717, 1.165) is 16.6 Å². The normalized spacial score (nSPS) is 13.0. The molecular formula is C8H9BrN4S. The van der Waals surface area contributed by atoms with Gasteiger partial charge in [0.05, 0.1) is 17.9 Å². The topological polar surface area (TPSA) is 67.6 Å². The van der Waals surface area contributed by atoms with Crippen molar-refractivity contribution in [2.24, 2.45) is 5.73 Å². The maximum absolute atomic E-state index is 5.95. The van der Waals surface area contributed by atoms with E-state index in [1.54, 1.807) is 17.5 Å². The van der Waals surface area contributed by atoms with E-state index in [1.165, 1.54) is 4.88 Å². The van der Waals surface area contributed by atoms with Crippen LogP contribution in [-0.4, -0.2) is 15.4 Å². The van der Waals surface area contributed by atoms with E-state index in [-0.39, 0.29) is 6.04 Å². The SMILES string of the molecule is NC(Cc1cc(Br)cs1)c1cn[nH]n1. The van der Waals surface area contributed by atoms with Gasteiger partial charge in [0, 0.05) is 21.2 Å². The summed E-state index contributed by atoms with van der Waals surface area (Å²) in [4.78, 5) is 1.24. The summed E-state index contributed by atoms with van der Waals surface area (Å²) in [5.41, 5.74) is 6.75. The lowest BCUT2D eigenvalue weighted by atomic mass is 10.1. The lowest BCUT2D eigenvalue weighted by Gasteiger charge is -2.04. The van der Waals surface area contributed by atoms with Gasteiger partial charge in [-0.25, -0.2) is 0 Å². The van der Waals surface area contributed by atoms with E-state index in [2.05, 4.69) is 37.4 Å². The van der Waals surface area contributed by atoms with Crippen molar-refractivity contribution in [1.29, 1.82) is 0 Å². The van der Waals surface area contributed by atoms with Crippen LogP contribution in [0.15, 0.2) is 22.1 Å². The molecule has 3 N–H and O–H groups in total. The van der Waals surface area contributed by atoms with Gasteiger partial charge in [0.25, 0.3) is 0 Å². The zero-order chi connectivity index (χ0) is 9.97. The molecule has 0 aliphatic carbocycles. The quantitative estimate of drug-likeness (QED) is 0.897. The Morgan fingerprint density at radius 1 is 1.64 bits per heavy atom. The molecule has 0 aliphatic heterocycles. The highest BCUT2D eigenvalue weighted by molar-refractivity contribution is 9.10. The summed E-state index contributed by atoms with van der Waals surface area (Å²) >= 11 is 5.10. The van der Waals surface area contributed by atoms with Crippen LogP contribution < -0.4 is 5.73 Å². The number of H-pyrrole nitrogens is 1. The van der Waals surface area contributed by atoms with E-state index >= 15 is 0 Å². The Morgan fingerprint density at radius 2 is 2.50 bits per heavy atom. The van der Waals surface area contributed by atoms with Crippen LogP contribution >= 0.6 is 27.3 Å². The van der Waals surface area contributed by atoms with Crippen molar-refractivity contribution in [3.05, 3.63) is 32.7 Å². The first-order valence-corrected chi connectivity index (χ1v) is 5.77. The minimum atomic E-state index is -0.0840. The van der Waals surface area contributed by atoms with Crippen LogP contribution in [-0.2, 0) is 6.42 Å². The third kappa shape index (κ3) is 2.20. The smallest absolute Gasteiger partial charge is 0.0995 e. The van der Waals surface area contributed by atoms with Gasteiger partial charge >= 0.3 is 0 Å². The van der Waals surface area contributed by atoms with E-state index in [1.807, 2.05) is 5.38 Å². The Morgan fingerprint density at radius 3 is 3.07 bits per heavy atom. The van der Waals surface area contributed by atoms with Crippen LogP contribution in [0.25, 0.3) is 0 Å². The molecule has 0 aliphatic rings. The lowest BCUT2D eigenvalue weighted by Crippen LogP contribution is -2.13. The van der Waals surface area contributed by atoms with Crippen LogP contribution in [0.4, 0.5) is 0 Å². The molecule has 0 saturated heterocycles. The number of halogens is 1. The Balaban J connectivity index is 2.05. The van der Waals surface area contributed by atoms with Crippen molar-refractivity contribution in [3.63, 3.8) is 0 Å². The molecule has 0 saturated carbocycles. The number of nitrogens with two attached hydrogens (primary N) is 1. The monoisotopic (exact) mass is 272 g/mol. The van der Waals surface area contributed by atoms with E-state index in [9.17, 15) is 0 Å². The first-order chi connectivity index (χ1) is 6.75. The number of hydrogen-bond donors (Lipinski definition) is 2. The van der Waals surface area contributed by atoms with E-state index in [4.69, 9.17) is 5.73 Å². The minimum absolute atomic E-state index is 0.0840. The Labute approximate surface area is 93.7 Å². The van der Waals surface area contributed by atoms with Gasteiger partial charge in [-0.1, -0.05) is 0 Å². The molecule has 1 atom stereocenters. The van der Waals surface area contributed by atoms with Gasteiger partial charge in [-0.05, 0) is 22.0 Å². The average molecular weight is 273 g/mol. The fourth-order valence-corrected chi connectivity index (χ4v) is 2.68. The number of aromatic nitrogens is 3. The predicted molar refractivity (Wildman–Crippen MR) is 59.0 cm³/mol. The second-order valence-electron chi connectivity index (χ2n) is 2.94. The molecule has 0 aromatic carbocycles. The van der Waals surface area contributed by atoms with Crippen molar-refractivity contribution in [2.75, 3.05) is 0 Å². The highest BCUT2D eigenvalue weighted by Gasteiger charge is 2.10. The van der Waals surface area contributed by atoms with Crippen LogP contribution in [0.3, 0.4) is 0 Å². The van der Waals surface area contributed by atoms with E-state index < -0.39 is 0 Å². The number of nitrogens with zero attached hydrogens (tertiary/aromatic N) is 2. The summed E-state index contributed by atoms with van der Waals surface area (Å²) in [5, 5.41) is 12.3. The lowest BCUT2D eigenvalue weighted by molar-refractivity contribution is 0.698. The average Bonchev–Trinajstić information content (AvgIpc) is 2.75. The molecule has 74 valence electrons. The molecule has 2 aromatic heterocycles. The van der Waals surface area contributed by atoms with Crippen LogP contribution in [0.1, 0.15) is 16.6 Å². The third-order valence-corrected chi connectivity index (χ3v) is 3.58. The van der Waals surface area contributed by atoms with Crippen LogP contribution in [0, 0.1) is 0 Å². The zero-order valence-electron chi connectivity index (χ0n) is 7.27. The fraction of sp³-hybridized carbons (Fsp3) is 0.250. The maximum atomic E-state index is 5.95. The molecule has 2 heterocycles. The molecule has 0 radical (unpaired) electrons. The van der Waals surface area contributed by atoms with Gasteiger partial charge in [-0.2, -0.15) is 15.4 Å². The standard InChI is InChI=1S/C8H9BrN4S/c9-5-1-6(14-4-5)2-7(10)8-3-11-13-12-8/h1,3-4,7H,2,10H2,(H,11,12,13).